The van der Waals surface area contributed by atoms with Gasteiger partial charge in [0, 0.05) is 36.3 Å². The number of hydrogen-bond acceptors (Lipinski definition) is 16. The van der Waals surface area contributed by atoms with E-state index in [1.54, 1.807) is 0 Å². The molecule has 1 aromatic rings. The van der Waals surface area contributed by atoms with Gasteiger partial charge in [-0.05, 0) is 50.7 Å². The number of ether oxygens (including phenoxy) is 2. The fraction of sp³-hybridized carbons (Fsp3) is 0.870. The van der Waals surface area contributed by atoms with E-state index in [-0.39, 0.29) is 26.4 Å². The highest BCUT2D eigenvalue weighted by Crippen LogP contribution is 2.54. The first kappa shape index (κ1) is 57.7. The summed E-state index contributed by atoms with van der Waals surface area (Å²) in [6.07, 6.45) is 23.1. The Morgan fingerprint density at radius 1 is 0.286 bits per heavy atom. The summed E-state index contributed by atoms with van der Waals surface area (Å²) >= 11 is 0. The first-order valence-corrected chi connectivity index (χ1v) is 42.9. The molecule has 4 unspecified atom stereocenters. The number of hydrogen-bond donors (Lipinski definition) is 0. The Kier molecular flexibility index (Phi) is 22.5. The Hall–Kier alpha value is -0.00494. The predicted molar refractivity (Wildman–Crippen MR) is 282 cm³/mol. The van der Waals surface area contributed by atoms with Gasteiger partial charge in [0.15, 0.2) is 11.5 Å². The molecule has 24 heteroatoms. The van der Waals surface area contributed by atoms with Crippen LogP contribution in [0.2, 0.25) is 36.3 Å². The van der Waals surface area contributed by atoms with Crippen molar-refractivity contribution in [2.24, 2.45) is 0 Å². The van der Waals surface area contributed by atoms with Crippen LogP contribution in [0, 0.1) is 0 Å². The summed E-state index contributed by atoms with van der Waals surface area (Å²) in [5, 5.41) is 0. The minimum atomic E-state index is -4.66. The van der Waals surface area contributed by atoms with Crippen LogP contribution in [0.1, 0.15) is 196 Å². The van der Waals surface area contributed by atoms with Crippen molar-refractivity contribution in [3.05, 3.63) is 24.3 Å². The lowest BCUT2D eigenvalue weighted by Gasteiger charge is -2.62. The lowest BCUT2D eigenvalue weighted by atomic mass is 10.2. The fourth-order valence-corrected chi connectivity index (χ4v) is 57.2. The van der Waals surface area contributed by atoms with Crippen molar-refractivity contribution in [1.82, 2.24) is 0 Å². The first-order chi connectivity index (χ1) is 34.0. The van der Waals surface area contributed by atoms with E-state index in [0.717, 1.165) is 154 Å². The molecule has 6 fully saturated rings. The third kappa shape index (κ3) is 15.4. The van der Waals surface area contributed by atoms with Crippen LogP contribution in [-0.2, 0) is 58.2 Å². The Morgan fingerprint density at radius 3 is 0.771 bits per heavy atom. The number of unbranched alkanes of at least 4 members (excludes halogenated alkanes) is 18. The zero-order chi connectivity index (χ0) is 49.3. The van der Waals surface area contributed by atoms with Crippen LogP contribution in [0.15, 0.2) is 24.3 Å². The largest absolute Gasteiger partial charge is 0.659 e. The summed E-state index contributed by atoms with van der Waals surface area (Å²) in [6, 6.07) is 10.4. The molecule has 0 saturated carbocycles. The second-order valence-corrected chi connectivity index (χ2v) is 43.6. The molecule has 0 radical (unpaired) electrons. The van der Waals surface area contributed by atoms with E-state index in [1.165, 1.54) is 0 Å². The van der Waals surface area contributed by atoms with Gasteiger partial charge in [-0.3, -0.25) is 0 Å². The molecule has 70 heavy (non-hydrogen) atoms. The minimum absolute atomic E-state index is 0.0156. The molecule has 0 amide bonds. The molecule has 0 aromatic heterocycles. The zero-order valence-electron chi connectivity index (χ0n) is 43.9. The highest BCUT2D eigenvalue weighted by atomic mass is 28.6. The van der Waals surface area contributed by atoms with Gasteiger partial charge in [0.05, 0.1) is 13.2 Å². The van der Waals surface area contributed by atoms with Crippen molar-refractivity contribution in [1.29, 1.82) is 0 Å². The predicted octanol–water partition coefficient (Wildman–Crippen LogP) is 12.7. The molecule has 8 rings (SSSR count). The maximum Gasteiger partial charge on any atom is 0.659 e. The van der Waals surface area contributed by atoms with E-state index in [9.17, 15) is 0 Å². The van der Waals surface area contributed by atoms with E-state index in [2.05, 4.69) is 41.5 Å². The molecule has 0 N–H and O–H groups in total. The van der Waals surface area contributed by atoms with Gasteiger partial charge in [0.25, 0.3) is 0 Å². The second kappa shape index (κ2) is 27.4. The number of benzene rings is 1. The average molecular weight is 1120 g/mol. The van der Waals surface area contributed by atoms with E-state index in [1.807, 2.05) is 24.3 Å². The Bertz CT molecular complexity index is 1540. The third-order valence-corrected chi connectivity index (χ3v) is 49.0. The van der Waals surface area contributed by atoms with Crippen LogP contribution in [0.5, 0.6) is 11.5 Å². The van der Waals surface area contributed by atoms with Gasteiger partial charge in [-0.25, -0.2) is 0 Å². The van der Waals surface area contributed by atoms with Crippen LogP contribution in [0.3, 0.4) is 0 Å². The van der Waals surface area contributed by atoms with Crippen molar-refractivity contribution < 1.29 is 67.7 Å². The Balaban J connectivity index is 1.49. The molecular weight excluding hydrogens is 1030 g/mol. The van der Waals surface area contributed by atoms with Gasteiger partial charge in [-0.15, -0.1) is 0 Å². The number of rotatable bonds is 30. The van der Waals surface area contributed by atoms with Gasteiger partial charge >= 0.3 is 70.9 Å². The van der Waals surface area contributed by atoms with Gasteiger partial charge in [0.1, 0.15) is 13.2 Å². The van der Waals surface area contributed by atoms with E-state index >= 15 is 0 Å². The number of fused-ring (bicyclic) bond motifs is 1. The van der Waals surface area contributed by atoms with Gasteiger partial charge in [-0.2, -0.15) is 0 Å². The Morgan fingerprint density at radius 2 is 0.529 bits per heavy atom. The molecule has 7 aliphatic rings. The lowest BCUT2D eigenvalue weighted by molar-refractivity contribution is -0.0866. The topological polar surface area (TPSA) is 148 Å². The molecule has 16 nitrogen and oxygen atoms in total. The summed E-state index contributed by atoms with van der Waals surface area (Å²) < 4.78 is 121. The SMILES string of the molecule is CCCCCC[Si]12O[Si]3(CCCCCC)O[Si]4(CCCCCC)O[Si](CCCCCC)(O1)O[Si]15OCCOc6ccccc6OCCO[Si](O4)(O[Si](CCCCCC)(O3)O[Si](CCCCCC)(O2)O1)O5. The lowest BCUT2D eigenvalue weighted by Crippen LogP contribution is -2.89. The van der Waals surface area contributed by atoms with Crippen molar-refractivity contribution in [2.75, 3.05) is 26.4 Å². The minimum Gasteiger partial charge on any atom is -0.487 e. The molecule has 2 spiro atoms. The summed E-state index contributed by atoms with van der Waals surface area (Å²) in [5.41, 5.74) is 0. The van der Waals surface area contributed by atoms with Gasteiger partial charge in [0.2, 0.25) is 0 Å². The van der Waals surface area contributed by atoms with Crippen LogP contribution in [0.25, 0.3) is 0 Å². The number of para-hydroxylation sites is 2. The smallest absolute Gasteiger partial charge is 0.487 e. The zero-order valence-corrected chi connectivity index (χ0v) is 51.9. The van der Waals surface area contributed by atoms with Crippen molar-refractivity contribution in [2.45, 2.75) is 232 Å². The third-order valence-electron chi connectivity index (χ3n) is 13.7. The quantitative estimate of drug-likeness (QED) is 0.0531. The molecule has 402 valence electrons. The van der Waals surface area contributed by atoms with Crippen LogP contribution >= 0.6 is 0 Å². The normalized spacial score (nSPS) is 34.9. The molecule has 1 aromatic carbocycles. The fourth-order valence-electron chi connectivity index (χ4n) is 10.1. The average Bonchev–Trinajstić information content (AvgIpc) is 3.32. The van der Waals surface area contributed by atoms with Gasteiger partial charge in [-0.1, -0.05) is 169 Å². The second-order valence-electron chi connectivity index (χ2n) is 20.0. The van der Waals surface area contributed by atoms with E-state index in [0.29, 0.717) is 47.8 Å². The van der Waals surface area contributed by atoms with Crippen molar-refractivity contribution in [3.63, 3.8) is 0 Å². The highest BCUT2D eigenvalue weighted by molar-refractivity contribution is 7.02. The molecular formula is C46H90O16Si8. The van der Waals surface area contributed by atoms with Crippen LogP contribution in [0.4, 0.5) is 0 Å². The molecule has 8 bridgehead atoms. The summed E-state index contributed by atoms with van der Waals surface area (Å²) in [4.78, 5) is 0. The maximum atomic E-state index is 8.02. The standard InChI is InChI=1S/C46H90O16Si8/c1-7-13-19-27-39-63-51-64(40-28-20-14-8-2)54-67(43-31-23-17-11-5)56-65(52-63,41-29-21-15-9-3)58-69-49-37-35-47-45-33-25-26-34-46(45)48-36-38-50-70(60-67,62-69)61-68(55-64,44-32-24-18-12-6)57-66(53-63,59-69)42-30-22-16-10-4/h25-26,33-34H,7-24,27-32,35-44H2,1-6H3. The van der Waals surface area contributed by atoms with E-state index < -0.39 is 70.9 Å². The Labute approximate surface area is 430 Å². The van der Waals surface area contributed by atoms with Crippen LogP contribution in [-0.4, -0.2) is 97.4 Å². The molecule has 7 aliphatic heterocycles. The summed E-state index contributed by atoms with van der Waals surface area (Å²) in [7, 11) is -33.9. The first-order valence-electron chi connectivity index (χ1n) is 28.1. The summed E-state index contributed by atoms with van der Waals surface area (Å²) in [5.74, 6) is 1.16. The monoisotopic (exact) mass is 1120 g/mol. The van der Waals surface area contributed by atoms with Crippen molar-refractivity contribution in [3.8, 4) is 11.5 Å². The molecule has 0 aliphatic carbocycles. The van der Waals surface area contributed by atoms with Crippen LogP contribution < -0.4 is 9.47 Å². The summed E-state index contributed by atoms with van der Waals surface area (Å²) in [6.45, 7) is 13.6. The van der Waals surface area contributed by atoms with Gasteiger partial charge < -0.3 is 67.7 Å². The molecule has 4 atom stereocenters. The maximum absolute atomic E-state index is 8.02. The highest BCUT2D eigenvalue weighted by Gasteiger charge is 2.85. The van der Waals surface area contributed by atoms with E-state index in [4.69, 9.17) is 67.7 Å². The molecule has 6 saturated heterocycles. The molecule has 7 heterocycles. The van der Waals surface area contributed by atoms with Crippen molar-refractivity contribution >= 4 is 70.9 Å².